The van der Waals surface area contributed by atoms with Gasteiger partial charge in [0.15, 0.2) is 5.76 Å². The molecule has 0 aliphatic carbocycles. The van der Waals surface area contributed by atoms with Crippen molar-refractivity contribution in [3.05, 3.63) is 71.5 Å². The van der Waals surface area contributed by atoms with Crippen molar-refractivity contribution >= 4 is 17.7 Å². The van der Waals surface area contributed by atoms with Gasteiger partial charge < -0.3 is 14.0 Å². The summed E-state index contributed by atoms with van der Waals surface area (Å²) in [4.78, 5) is 14.0. The van der Waals surface area contributed by atoms with Crippen LogP contribution in [0.15, 0.2) is 59.1 Å². The van der Waals surface area contributed by atoms with Gasteiger partial charge in [0.05, 0.1) is 12.7 Å². The Morgan fingerprint density at radius 2 is 2.00 bits per heavy atom. The van der Waals surface area contributed by atoms with Gasteiger partial charge in [-0.05, 0) is 29.8 Å². The first-order chi connectivity index (χ1) is 15.8. The maximum atomic E-state index is 12.7. The number of aromatic nitrogens is 1. The van der Waals surface area contributed by atoms with Crippen LogP contribution in [0.2, 0.25) is 0 Å². The Balaban J connectivity index is 1.36. The average Bonchev–Trinajstić information content (AvgIpc) is 3.47. The number of ether oxygens (including phenoxy) is 2. The lowest BCUT2D eigenvalue weighted by atomic mass is 10.1. The summed E-state index contributed by atoms with van der Waals surface area (Å²) >= 11 is 1.69. The van der Waals surface area contributed by atoms with E-state index in [1.54, 1.807) is 17.8 Å². The minimum Gasteiger partial charge on any atom is -0.486 e. The maximum absolute atomic E-state index is 12.7. The number of carbonyl (C=O) groups is 1. The number of benzene rings is 2. The fourth-order valence-electron chi connectivity index (χ4n) is 3.46. The molecule has 0 radical (unpaired) electrons. The Morgan fingerprint density at radius 1 is 1.21 bits per heavy atom. The van der Waals surface area contributed by atoms with Gasteiger partial charge >= 0.3 is 12.1 Å². The molecule has 1 atom stereocenters. The molecule has 0 N–H and O–H groups in total. The Labute approximate surface area is 192 Å². The summed E-state index contributed by atoms with van der Waals surface area (Å²) in [5, 5.41) is 3.92. The summed E-state index contributed by atoms with van der Waals surface area (Å²) < 4.78 is 54.1. The molecule has 0 amide bonds. The van der Waals surface area contributed by atoms with Gasteiger partial charge in [-0.15, -0.1) is 11.8 Å². The van der Waals surface area contributed by atoms with Crippen LogP contribution in [0.3, 0.4) is 0 Å². The van der Waals surface area contributed by atoms with Gasteiger partial charge in [-0.1, -0.05) is 29.4 Å². The van der Waals surface area contributed by atoms with Crippen LogP contribution in [0, 0.1) is 0 Å². The molecule has 2 aromatic carbocycles. The topological polar surface area (TPSA) is 64.8 Å². The van der Waals surface area contributed by atoms with Crippen LogP contribution < -0.4 is 4.74 Å². The molecule has 2 heterocycles. The summed E-state index contributed by atoms with van der Waals surface area (Å²) in [6.07, 6.45) is -4.39. The van der Waals surface area contributed by atoms with Crippen LogP contribution in [0.25, 0.3) is 11.3 Å². The monoisotopic (exact) mass is 478 g/mol. The highest BCUT2D eigenvalue weighted by Crippen LogP contribution is 2.31. The van der Waals surface area contributed by atoms with E-state index in [1.165, 1.54) is 19.2 Å². The lowest BCUT2D eigenvalue weighted by molar-refractivity contribution is -0.145. The van der Waals surface area contributed by atoms with Gasteiger partial charge in [0, 0.05) is 29.8 Å². The average molecular weight is 478 g/mol. The first-order valence-electron chi connectivity index (χ1n) is 10.1. The zero-order valence-corrected chi connectivity index (χ0v) is 18.5. The highest BCUT2D eigenvalue weighted by Gasteiger charge is 2.32. The van der Waals surface area contributed by atoms with Crippen LogP contribution in [0.5, 0.6) is 5.75 Å². The van der Waals surface area contributed by atoms with E-state index < -0.39 is 11.7 Å². The molecular weight excluding hydrogens is 457 g/mol. The van der Waals surface area contributed by atoms with E-state index in [4.69, 9.17) is 14.0 Å². The smallest absolute Gasteiger partial charge is 0.416 e. The van der Waals surface area contributed by atoms with Gasteiger partial charge in [-0.2, -0.15) is 13.2 Å². The number of alkyl halides is 3. The Kier molecular flexibility index (Phi) is 6.94. The first-order valence-corrected chi connectivity index (χ1v) is 11.2. The van der Waals surface area contributed by atoms with E-state index in [2.05, 4.69) is 10.1 Å². The van der Waals surface area contributed by atoms with Crippen molar-refractivity contribution < 1.29 is 32.0 Å². The van der Waals surface area contributed by atoms with E-state index in [9.17, 15) is 18.0 Å². The molecule has 33 heavy (non-hydrogen) atoms. The molecule has 1 saturated heterocycles. The lowest BCUT2D eigenvalue weighted by Gasteiger charge is -2.21. The van der Waals surface area contributed by atoms with Crippen LogP contribution >= 0.6 is 11.8 Å². The van der Waals surface area contributed by atoms with Crippen molar-refractivity contribution in [2.45, 2.75) is 25.4 Å². The first kappa shape index (κ1) is 23.2. The van der Waals surface area contributed by atoms with Gasteiger partial charge in [0.2, 0.25) is 0 Å². The largest absolute Gasteiger partial charge is 0.486 e. The van der Waals surface area contributed by atoms with Crippen molar-refractivity contribution in [2.24, 2.45) is 0 Å². The van der Waals surface area contributed by atoms with Gasteiger partial charge in [0.25, 0.3) is 0 Å². The molecule has 10 heteroatoms. The highest BCUT2D eigenvalue weighted by molar-refractivity contribution is 7.99. The summed E-state index contributed by atoms with van der Waals surface area (Å²) in [6, 6.07) is 13.6. The second-order valence-corrected chi connectivity index (χ2v) is 8.48. The molecule has 0 bridgehead atoms. The summed E-state index contributed by atoms with van der Waals surface area (Å²) in [5.41, 5.74) is 1.22. The number of rotatable bonds is 7. The van der Waals surface area contributed by atoms with Crippen molar-refractivity contribution in [1.29, 1.82) is 0 Å². The van der Waals surface area contributed by atoms with Crippen molar-refractivity contribution in [3.63, 3.8) is 0 Å². The highest BCUT2D eigenvalue weighted by atomic mass is 32.2. The number of hydrogen-bond acceptors (Lipinski definition) is 7. The number of thioether (sulfide) groups is 1. The molecule has 1 aromatic heterocycles. The minimum absolute atomic E-state index is 0.113. The number of methoxy groups -OCH3 is 1. The van der Waals surface area contributed by atoms with E-state index in [0.29, 0.717) is 35.1 Å². The van der Waals surface area contributed by atoms with Gasteiger partial charge in [-0.25, -0.2) is 0 Å². The Morgan fingerprint density at radius 3 is 2.73 bits per heavy atom. The predicted octanol–water partition coefficient (Wildman–Crippen LogP) is 4.99. The number of hydrogen-bond donors (Lipinski definition) is 0. The number of esters is 1. The summed E-state index contributed by atoms with van der Waals surface area (Å²) in [6.45, 7) is 0.700. The predicted molar refractivity (Wildman–Crippen MR) is 116 cm³/mol. The third-order valence-electron chi connectivity index (χ3n) is 5.18. The molecular formula is C23H21F3N2O4S. The van der Waals surface area contributed by atoms with Crippen LogP contribution in [0.1, 0.15) is 16.9 Å². The lowest BCUT2D eigenvalue weighted by Crippen LogP contribution is -2.38. The SMILES string of the molecule is COC(=O)C1CSCN1Cc1cccc(OCc2cc(-c3ccc(C(F)(F)F)cc3)no2)c1. The molecule has 0 saturated carbocycles. The fourth-order valence-corrected chi connectivity index (χ4v) is 4.64. The van der Waals surface area contributed by atoms with Crippen LogP contribution in [-0.2, 0) is 28.9 Å². The quantitative estimate of drug-likeness (QED) is 0.444. The Hall–Kier alpha value is -2.98. The van der Waals surface area contributed by atoms with Crippen LogP contribution in [-0.4, -0.2) is 40.8 Å². The third kappa shape index (κ3) is 5.69. The number of halogens is 3. The zero-order valence-electron chi connectivity index (χ0n) is 17.7. The zero-order chi connectivity index (χ0) is 23.4. The Bertz CT molecular complexity index is 1100. The van der Waals surface area contributed by atoms with Crippen molar-refractivity contribution in [3.8, 4) is 17.0 Å². The minimum atomic E-state index is -4.39. The second-order valence-electron chi connectivity index (χ2n) is 7.48. The molecule has 1 unspecified atom stereocenters. The standard InChI is InChI=1S/C23H21F3N2O4S/c1-30-22(29)21-13-33-14-28(21)11-15-3-2-4-18(9-15)31-12-19-10-20(27-32-19)16-5-7-17(8-6-16)23(24,25)26/h2-10,21H,11-14H2,1H3. The van der Waals surface area contributed by atoms with Gasteiger partial charge in [0.1, 0.15) is 24.1 Å². The van der Waals surface area contributed by atoms with E-state index in [0.717, 1.165) is 23.6 Å². The number of carbonyl (C=O) groups excluding carboxylic acids is 1. The number of nitrogens with zero attached hydrogens (tertiary/aromatic N) is 2. The van der Waals surface area contributed by atoms with E-state index in [-0.39, 0.29) is 18.6 Å². The van der Waals surface area contributed by atoms with E-state index >= 15 is 0 Å². The summed E-state index contributed by atoms with van der Waals surface area (Å²) in [7, 11) is 1.39. The molecule has 1 fully saturated rings. The summed E-state index contributed by atoms with van der Waals surface area (Å²) in [5.74, 6) is 2.28. The molecule has 4 rings (SSSR count). The molecule has 0 spiro atoms. The second kappa shape index (κ2) is 9.88. The van der Waals surface area contributed by atoms with Crippen LogP contribution in [0.4, 0.5) is 13.2 Å². The van der Waals surface area contributed by atoms with Crippen molar-refractivity contribution in [2.75, 3.05) is 18.7 Å². The van der Waals surface area contributed by atoms with Gasteiger partial charge in [-0.3, -0.25) is 9.69 Å². The third-order valence-corrected chi connectivity index (χ3v) is 6.24. The normalized spacial score (nSPS) is 16.7. The fraction of sp³-hybridized carbons (Fsp3) is 0.304. The molecule has 1 aliphatic rings. The molecule has 3 aromatic rings. The van der Waals surface area contributed by atoms with Crippen molar-refractivity contribution in [1.82, 2.24) is 10.1 Å². The van der Waals surface area contributed by atoms with E-state index in [1.807, 2.05) is 24.3 Å². The molecule has 1 aliphatic heterocycles. The maximum Gasteiger partial charge on any atom is 0.416 e. The molecule has 174 valence electrons. The molecule has 6 nitrogen and oxygen atoms in total.